The fourth-order valence-corrected chi connectivity index (χ4v) is 4.41. The Labute approximate surface area is 242 Å². The van der Waals surface area contributed by atoms with Crippen LogP contribution >= 0.6 is 0 Å². The van der Waals surface area contributed by atoms with Gasteiger partial charge in [-0.25, -0.2) is 4.79 Å². The van der Waals surface area contributed by atoms with Crippen LogP contribution in [0, 0.1) is 13.8 Å². The lowest BCUT2D eigenvalue weighted by atomic mass is 9.99. The zero-order valence-electron chi connectivity index (χ0n) is 24.3. The second-order valence-corrected chi connectivity index (χ2v) is 11.0. The molecule has 8 heteroatoms. The molecule has 0 saturated heterocycles. The number of rotatable bonds is 10. The number of para-hydroxylation sites is 1. The van der Waals surface area contributed by atoms with Gasteiger partial charge >= 0.3 is 6.09 Å². The van der Waals surface area contributed by atoms with Gasteiger partial charge in [0.15, 0.2) is 0 Å². The zero-order valence-corrected chi connectivity index (χ0v) is 24.3. The maximum absolute atomic E-state index is 14.3. The van der Waals surface area contributed by atoms with Crippen molar-refractivity contribution in [2.24, 2.45) is 0 Å². The molecule has 0 radical (unpaired) electrons. The molecule has 0 aliphatic rings. The summed E-state index contributed by atoms with van der Waals surface area (Å²) in [4.78, 5) is 42.5. The Kier molecular flexibility index (Phi) is 10.3. The molecule has 216 valence electrons. The first-order chi connectivity index (χ1) is 19.4. The van der Waals surface area contributed by atoms with Gasteiger partial charge in [-0.2, -0.15) is 0 Å². The van der Waals surface area contributed by atoms with Crippen LogP contribution < -0.4 is 10.6 Å². The molecule has 2 unspecified atom stereocenters. The van der Waals surface area contributed by atoms with Crippen molar-refractivity contribution in [1.82, 2.24) is 10.2 Å². The van der Waals surface area contributed by atoms with Crippen LogP contribution in [-0.2, 0) is 20.7 Å². The molecular weight excluding hydrogens is 518 g/mol. The summed E-state index contributed by atoms with van der Waals surface area (Å²) in [7, 11) is 0. The van der Waals surface area contributed by atoms with Gasteiger partial charge in [0.05, 0.1) is 0 Å². The lowest BCUT2D eigenvalue weighted by molar-refractivity contribution is -0.140. The number of amides is 3. The number of aryl methyl sites for hydroxylation is 2. The summed E-state index contributed by atoms with van der Waals surface area (Å²) >= 11 is 0. The third kappa shape index (κ3) is 8.96. The maximum Gasteiger partial charge on any atom is 0.408 e. The van der Waals surface area contributed by atoms with E-state index in [1.54, 1.807) is 51.1 Å². The van der Waals surface area contributed by atoms with Crippen molar-refractivity contribution in [1.29, 1.82) is 0 Å². The van der Waals surface area contributed by atoms with E-state index in [2.05, 4.69) is 17.2 Å². The molecule has 41 heavy (non-hydrogen) atoms. The lowest BCUT2D eigenvalue weighted by Crippen LogP contribution is -2.53. The molecule has 0 aliphatic heterocycles. The highest BCUT2D eigenvalue weighted by Crippen LogP contribution is 2.27. The van der Waals surface area contributed by atoms with Gasteiger partial charge in [-0.3, -0.25) is 9.59 Å². The summed E-state index contributed by atoms with van der Waals surface area (Å²) in [6, 6.07) is 19.1. The normalized spacial score (nSPS) is 12.5. The van der Waals surface area contributed by atoms with Crippen molar-refractivity contribution in [3.8, 4) is 5.75 Å². The third-order valence-corrected chi connectivity index (χ3v) is 6.29. The summed E-state index contributed by atoms with van der Waals surface area (Å²) in [5, 5.41) is 15.4. The van der Waals surface area contributed by atoms with Crippen molar-refractivity contribution in [3.63, 3.8) is 0 Å². The fraction of sp³-hybridized carbons (Fsp3) is 0.303. The molecule has 0 saturated carbocycles. The van der Waals surface area contributed by atoms with E-state index in [0.29, 0.717) is 16.8 Å². The number of nitrogens with zero attached hydrogens (tertiary/aromatic N) is 1. The number of carbonyl (C=O) groups excluding carboxylic acids is 3. The smallest absolute Gasteiger partial charge is 0.408 e. The van der Waals surface area contributed by atoms with Gasteiger partial charge in [0, 0.05) is 18.7 Å². The average molecular weight is 558 g/mol. The van der Waals surface area contributed by atoms with Crippen LogP contribution in [0.15, 0.2) is 85.5 Å². The first kappa shape index (κ1) is 30.9. The number of phenolic OH excluding ortho intramolecular Hbond substituents is 1. The lowest BCUT2D eigenvalue weighted by Gasteiger charge is -2.34. The van der Waals surface area contributed by atoms with Crippen molar-refractivity contribution >= 4 is 23.6 Å². The summed E-state index contributed by atoms with van der Waals surface area (Å²) in [5.74, 6) is -0.812. The molecule has 3 aromatic rings. The van der Waals surface area contributed by atoms with Gasteiger partial charge < -0.3 is 25.4 Å². The van der Waals surface area contributed by atoms with E-state index < -0.39 is 35.6 Å². The Morgan fingerprint density at radius 3 is 2.29 bits per heavy atom. The monoisotopic (exact) mass is 557 g/mol. The van der Waals surface area contributed by atoms with Gasteiger partial charge in [-0.05, 0) is 69.5 Å². The SMILES string of the molecule is C=CCN(C(=O)C(Cc1ccc(O)cc1)NC(=O)OC(C)(C)C)C(C(=O)Nc1ccccc1C)c1cccc(C)c1. The number of aromatic hydroxyl groups is 1. The molecule has 2 atom stereocenters. The molecule has 0 fully saturated rings. The van der Waals surface area contributed by atoms with Crippen LogP contribution in [-0.4, -0.2) is 46.1 Å². The van der Waals surface area contributed by atoms with E-state index in [0.717, 1.165) is 11.1 Å². The Bertz CT molecular complexity index is 1380. The highest BCUT2D eigenvalue weighted by atomic mass is 16.6. The summed E-state index contributed by atoms with van der Waals surface area (Å²) < 4.78 is 5.46. The molecule has 3 N–H and O–H groups in total. The topological polar surface area (TPSA) is 108 Å². The van der Waals surface area contributed by atoms with Crippen LogP contribution in [0.1, 0.15) is 49.1 Å². The van der Waals surface area contributed by atoms with E-state index in [-0.39, 0.29) is 18.7 Å². The molecular formula is C33H39N3O5. The summed E-state index contributed by atoms with van der Waals surface area (Å²) in [6.45, 7) is 12.9. The van der Waals surface area contributed by atoms with Crippen molar-refractivity contribution in [3.05, 3.63) is 108 Å². The summed E-state index contributed by atoms with van der Waals surface area (Å²) in [6.07, 6.45) is 0.892. The maximum atomic E-state index is 14.3. The quantitative estimate of drug-likeness (QED) is 0.272. The highest BCUT2D eigenvalue weighted by Gasteiger charge is 2.36. The number of alkyl carbamates (subject to hydrolysis) is 1. The highest BCUT2D eigenvalue weighted by molar-refractivity contribution is 5.99. The molecule has 0 aliphatic carbocycles. The first-order valence-electron chi connectivity index (χ1n) is 13.5. The number of ether oxygens (including phenoxy) is 1. The van der Waals surface area contributed by atoms with E-state index in [1.807, 2.05) is 50.2 Å². The molecule has 3 amide bonds. The van der Waals surface area contributed by atoms with E-state index in [4.69, 9.17) is 4.74 Å². The predicted octanol–water partition coefficient (Wildman–Crippen LogP) is 5.84. The first-order valence-corrected chi connectivity index (χ1v) is 13.5. The molecule has 3 rings (SSSR count). The van der Waals surface area contributed by atoms with E-state index in [9.17, 15) is 19.5 Å². The zero-order chi connectivity index (χ0) is 30.2. The molecule has 8 nitrogen and oxygen atoms in total. The van der Waals surface area contributed by atoms with E-state index in [1.165, 1.54) is 17.0 Å². The van der Waals surface area contributed by atoms with Crippen molar-refractivity contribution in [2.75, 3.05) is 11.9 Å². The largest absolute Gasteiger partial charge is 0.508 e. The number of hydrogen-bond donors (Lipinski definition) is 3. The van der Waals surface area contributed by atoms with Crippen LogP contribution in [0.4, 0.5) is 10.5 Å². The Balaban J connectivity index is 2.05. The second-order valence-electron chi connectivity index (χ2n) is 11.0. The minimum Gasteiger partial charge on any atom is -0.508 e. The van der Waals surface area contributed by atoms with Crippen molar-refractivity contribution in [2.45, 2.75) is 58.7 Å². The third-order valence-electron chi connectivity index (χ3n) is 6.29. The van der Waals surface area contributed by atoms with Gasteiger partial charge in [0.2, 0.25) is 5.91 Å². The molecule has 0 bridgehead atoms. The van der Waals surface area contributed by atoms with E-state index >= 15 is 0 Å². The number of phenols is 1. The van der Waals surface area contributed by atoms with Crippen molar-refractivity contribution < 1.29 is 24.2 Å². The predicted molar refractivity (Wildman–Crippen MR) is 161 cm³/mol. The van der Waals surface area contributed by atoms with Crippen LogP contribution in [0.25, 0.3) is 0 Å². The van der Waals surface area contributed by atoms with Gasteiger partial charge in [-0.15, -0.1) is 6.58 Å². The van der Waals surface area contributed by atoms with Crippen LogP contribution in [0.2, 0.25) is 0 Å². The molecule has 3 aromatic carbocycles. The Morgan fingerprint density at radius 1 is 1.00 bits per heavy atom. The second kappa shape index (κ2) is 13.7. The van der Waals surface area contributed by atoms with Crippen LogP contribution in [0.5, 0.6) is 5.75 Å². The number of hydrogen-bond acceptors (Lipinski definition) is 5. The van der Waals surface area contributed by atoms with Gasteiger partial charge in [0.1, 0.15) is 23.4 Å². The number of carbonyl (C=O) groups is 3. The Hall–Kier alpha value is -4.59. The van der Waals surface area contributed by atoms with Crippen LogP contribution in [0.3, 0.4) is 0 Å². The molecule has 0 heterocycles. The number of anilines is 1. The standard InChI is InChI=1S/C33H39N3O5/c1-7-19-36(29(25-13-10-11-22(2)20-25)30(38)34-27-14-9-8-12-23(27)3)31(39)28(35-32(40)41-33(4,5)6)21-24-15-17-26(37)18-16-24/h7-18,20,28-29,37H,1,19,21H2,2-6H3,(H,34,38)(H,35,40). The minimum atomic E-state index is -1.08. The molecule has 0 spiro atoms. The van der Waals surface area contributed by atoms with Gasteiger partial charge in [0.25, 0.3) is 5.91 Å². The summed E-state index contributed by atoms with van der Waals surface area (Å²) in [5.41, 5.74) is 2.97. The number of benzene rings is 3. The van der Waals surface area contributed by atoms with Gasteiger partial charge in [-0.1, -0.05) is 66.2 Å². The Morgan fingerprint density at radius 2 is 1.68 bits per heavy atom. The average Bonchev–Trinajstić information content (AvgIpc) is 2.89. The molecule has 0 aromatic heterocycles. The fourth-order valence-electron chi connectivity index (χ4n) is 4.41. The minimum absolute atomic E-state index is 0.0424. The number of nitrogens with one attached hydrogen (secondary N) is 2.